The van der Waals surface area contributed by atoms with Crippen LogP contribution in [0.15, 0.2) is 23.2 Å². The van der Waals surface area contributed by atoms with Gasteiger partial charge >= 0.3 is 6.18 Å². The molecule has 26 heavy (non-hydrogen) atoms. The molecule has 1 N–H and O–H groups in total. The van der Waals surface area contributed by atoms with E-state index in [9.17, 15) is 17.6 Å². The van der Waals surface area contributed by atoms with Crippen LogP contribution in [0.5, 0.6) is 0 Å². The highest BCUT2D eigenvalue weighted by atomic mass is 127. The summed E-state index contributed by atoms with van der Waals surface area (Å²) < 4.78 is 50.6. The van der Waals surface area contributed by atoms with Crippen LogP contribution in [0.4, 0.5) is 17.6 Å². The molecule has 0 unspecified atom stereocenters. The summed E-state index contributed by atoms with van der Waals surface area (Å²) in [5, 5.41) is 3.13. The second-order valence-corrected chi connectivity index (χ2v) is 6.21. The van der Waals surface area contributed by atoms with Crippen molar-refractivity contribution in [2.24, 2.45) is 4.99 Å². The molecule has 1 aliphatic rings. The smallest absolute Gasteiger partial charge is 0.356 e. The van der Waals surface area contributed by atoms with E-state index in [2.05, 4.69) is 15.2 Å². The molecular weight excluding hydrogens is 487 g/mol. The number of piperazine rings is 1. The minimum absolute atomic E-state index is 0. The lowest BCUT2D eigenvalue weighted by Gasteiger charge is -2.36. The van der Waals surface area contributed by atoms with Gasteiger partial charge in [0.05, 0.1) is 6.42 Å². The van der Waals surface area contributed by atoms with Crippen molar-refractivity contribution in [1.82, 2.24) is 15.1 Å². The molecule has 4 nitrogen and oxygen atoms in total. The van der Waals surface area contributed by atoms with Gasteiger partial charge in [0.1, 0.15) is 5.82 Å². The van der Waals surface area contributed by atoms with Crippen LogP contribution in [-0.4, -0.2) is 61.7 Å². The van der Waals surface area contributed by atoms with Crippen molar-refractivity contribution < 1.29 is 17.6 Å². The van der Waals surface area contributed by atoms with Gasteiger partial charge in [-0.3, -0.25) is 9.89 Å². The lowest BCUT2D eigenvalue weighted by Crippen LogP contribution is -2.52. The number of alkyl halides is 3. The van der Waals surface area contributed by atoms with Crippen molar-refractivity contribution in [2.75, 3.05) is 39.8 Å². The third-order valence-corrected chi connectivity index (χ3v) is 4.37. The summed E-state index contributed by atoms with van der Waals surface area (Å²) in [5.74, 6) is 0.118. The normalized spacial score (nSPS) is 16.4. The van der Waals surface area contributed by atoms with Gasteiger partial charge in [0.15, 0.2) is 5.96 Å². The molecule has 1 aromatic rings. The van der Waals surface area contributed by atoms with Crippen molar-refractivity contribution in [1.29, 1.82) is 0 Å². The van der Waals surface area contributed by atoms with E-state index >= 15 is 0 Å². The summed E-state index contributed by atoms with van der Waals surface area (Å²) in [6.07, 6.45) is -5.10. The van der Waals surface area contributed by atoms with Crippen LogP contribution in [-0.2, 0) is 6.54 Å². The molecule has 0 aromatic heterocycles. The van der Waals surface area contributed by atoms with E-state index in [0.717, 1.165) is 0 Å². The number of rotatable bonds is 4. The topological polar surface area (TPSA) is 30.9 Å². The molecule has 1 fully saturated rings. The van der Waals surface area contributed by atoms with Gasteiger partial charge in [0, 0.05) is 56.9 Å². The largest absolute Gasteiger partial charge is 0.390 e. The Kier molecular flexibility index (Phi) is 9.39. The number of halogens is 6. The minimum Gasteiger partial charge on any atom is -0.356 e. The molecule has 1 aromatic carbocycles. The number of benzene rings is 1. The molecular formula is C16H22ClF4IN4. The van der Waals surface area contributed by atoms with Gasteiger partial charge in [0.2, 0.25) is 0 Å². The molecule has 0 radical (unpaired) electrons. The molecule has 148 valence electrons. The first-order chi connectivity index (χ1) is 11.8. The maximum atomic E-state index is 13.9. The molecule has 1 heterocycles. The Morgan fingerprint density at radius 3 is 2.42 bits per heavy atom. The van der Waals surface area contributed by atoms with E-state index in [4.69, 9.17) is 11.6 Å². The zero-order valence-corrected chi connectivity index (χ0v) is 17.4. The highest BCUT2D eigenvalue weighted by molar-refractivity contribution is 14.0. The monoisotopic (exact) mass is 508 g/mol. The first kappa shape index (κ1) is 23.2. The van der Waals surface area contributed by atoms with Crippen LogP contribution in [0.25, 0.3) is 0 Å². The van der Waals surface area contributed by atoms with Crippen LogP contribution in [0.1, 0.15) is 12.0 Å². The fraction of sp³-hybridized carbons (Fsp3) is 0.562. The van der Waals surface area contributed by atoms with E-state index in [1.807, 2.05) is 4.90 Å². The predicted octanol–water partition coefficient (Wildman–Crippen LogP) is 3.74. The number of guanidine groups is 1. The summed E-state index contributed by atoms with van der Waals surface area (Å²) >= 11 is 6.05. The van der Waals surface area contributed by atoms with Gasteiger partial charge in [-0.05, 0) is 12.1 Å². The summed E-state index contributed by atoms with van der Waals surface area (Å²) in [6.45, 7) is 2.67. The van der Waals surface area contributed by atoms with E-state index in [-0.39, 0.29) is 36.3 Å². The predicted molar refractivity (Wildman–Crippen MR) is 106 cm³/mol. The highest BCUT2D eigenvalue weighted by Crippen LogP contribution is 2.21. The number of nitrogens with one attached hydrogen (secondary N) is 1. The first-order valence-corrected chi connectivity index (χ1v) is 8.35. The van der Waals surface area contributed by atoms with Gasteiger partial charge in [-0.2, -0.15) is 13.2 Å². The second kappa shape index (κ2) is 10.5. The van der Waals surface area contributed by atoms with Crippen molar-refractivity contribution in [3.63, 3.8) is 0 Å². The van der Waals surface area contributed by atoms with Crippen LogP contribution < -0.4 is 5.32 Å². The zero-order valence-electron chi connectivity index (χ0n) is 14.3. The van der Waals surface area contributed by atoms with Crippen LogP contribution >= 0.6 is 35.6 Å². The van der Waals surface area contributed by atoms with Gasteiger partial charge < -0.3 is 10.2 Å². The molecule has 0 atom stereocenters. The van der Waals surface area contributed by atoms with Gasteiger partial charge in [-0.15, -0.1) is 24.0 Å². The zero-order chi connectivity index (χ0) is 18.4. The summed E-state index contributed by atoms with van der Waals surface area (Å²) in [7, 11) is 1.54. The summed E-state index contributed by atoms with van der Waals surface area (Å²) in [5.41, 5.74) is 0.463. The Morgan fingerprint density at radius 2 is 1.88 bits per heavy atom. The maximum Gasteiger partial charge on any atom is 0.390 e. The maximum absolute atomic E-state index is 13.9. The summed E-state index contributed by atoms with van der Waals surface area (Å²) in [4.78, 5) is 7.99. The number of nitrogens with zero attached hydrogens (tertiary/aromatic N) is 3. The molecule has 1 saturated heterocycles. The molecule has 1 aliphatic heterocycles. The lowest BCUT2D eigenvalue weighted by atomic mass is 10.2. The Balaban J connectivity index is 0.00000338. The van der Waals surface area contributed by atoms with E-state index in [1.165, 1.54) is 6.07 Å². The third kappa shape index (κ3) is 7.07. The second-order valence-electron chi connectivity index (χ2n) is 5.80. The van der Waals surface area contributed by atoms with E-state index in [0.29, 0.717) is 49.3 Å². The quantitative estimate of drug-likeness (QED) is 0.291. The average Bonchev–Trinajstić information content (AvgIpc) is 2.55. The van der Waals surface area contributed by atoms with Crippen molar-refractivity contribution in [2.45, 2.75) is 19.1 Å². The van der Waals surface area contributed by atoms with Gasteiger partial charge in [-0.25, -0.2) is 4.39 Å². The molecule has 0 spiro atoms. The molecule has 0 bridgehead atoms. The number of hydrogen-bond donors (Lipinski definition) is 1. The fourth-order valence-corrected chi connectivity index (χ4v) is 2.90. The molecule has 0 aliphatic carbocycles. The Hall–Kier alpha value is -0.810. The molecule has 10 heteroatoms. The van der Waals surface area contributed by atoms with Crippen LogP contribution in [0.3, 0.4) is 0 Å². The minimum atomic E-state index is -4.19. The third-order valence-electron chi connectivity index (χ3n) is 4.02. The number of hydrogen-bond acceptors (Lipinski definition) is 2. The van der Waals surface area contributed by atoms with Gasteiger partial charge in [0.25, 0.3) is 0 Å². The number of aliphatic imine (C=N–C) groups is 1. The Bertz CT molecular complexity index is 584. The molecule has 0 amide bonds. The van der Waals surface area contributed by atoms with Crippen molar-refractivity contribution >= 4 is 41.5 Å². The van der Waals surface area contributed by atoms with Crippen molar-refractivity contribution in [3.8, 4) is 0 Å². The van der Waals surface area contributed by atoms with E-state index < -0.39 is 12.6 Å². The first-order valence-electron chi connectivity index (χ1n) is 7.98. The Morgan fingerprint density at radius 1 is 1.23 bits per heavy atom. The molecule has 2 rings (SSSR count). The fourth-order valence-electron chi connectivity index (χ4n) is 2.67. The van der Waals surface area contributed by atoms with E-state index in [1.54, 1.807) is 19.2 Å². The standard InChI is InChI=1S/C16H21ClF4N4.HI/c1-22-15(23-6-5-16(19,20)21)25-9-7-24(8-10-25)11-12-13(17)3-2-4-14(12)18;/h2-4H,5-11H2,1H3,(H,22,23);1H. The molecule has 0 saturated carbocycles. The highest BCUT2D eigenvalue weighted by Gasteiger charge is 2.27. The van der Waals surface area contributed by atoms with Crippen LogP contribution in [0, 0.1) is 5.82 Å². The SMILES string of the molecule is CN=C(NCCC(F)(F)F)N1CCN(Cc2c(F)cccc2Cl)CC1.I. The average molecular weight is 509 g/mol. The lowest BCUT2D eigenvalue weighted by molar-refractivity contribution is -0.132. The van der Waals surface area contributed by atoms with Crippen molar-refractivity contribution in [3.05, 3.63) is 34.6 Å². The van der Waals surface area contributed by atoms with Crippen LogP contribution in [0.2, 0.25) is 5.02 Å². The Labute approximate surface area is 172 Å². The van der Waals surface area contributed by atoms with Gasteiger partial charge in [-0.1, -0.05) is 17.7 Å². The summed E-state index contributed by atoms with van der Waals surface area (Å²) in [6, 6.07) is 4.60.